The summed E-state index contributed by atoms with van der Waals surface area (Å²) in [6.45, 7) is 0. The fourth-order valence-corrected chi connectivity index (χ4v) is 2.26. The highest BCUT2D eigenvalue weighted by atomic mass is 35.5. The van der Waals surface area contributed by atoms with Gasteiger partial charge in [-0.2, -0.15) is 0 Å². The van der Waals surface area contributed by atoms with Gasteiger partial charge in [-0.05, 0) is 30.3 Å². The molecular weight excluding hydrogens is 283 g/mol. The van der Waals surface area contributed by atoms with Gasteiger partial charge >= 0.3 is 5.97 Å². The van der Waals surface area contributed by atoms with E-state index in [0.29, 0.717) is 16.7 Å². The molecule has 3 rings (SSSR count). The summed E-state index contributed by atoms with van der Waals surface area (Å²) in [7, 11) is 0. The minimum Gasteiger partial charge on any atom is -0.478 e. The summed E-state index contributed by atoms with van der Waals surface area (Å²) in [5.41, 5.74) is 0.679. The Hall–Kier alpha value is -2.33. The van der Waals surface area contributed by atoms with E-state index in [9.17, 15) is 9.18 Å². The van der Waals surface area contributed by atoms with Gasteiger partial charge in [-0.1, -0.05) is 23.7 Å². The van der Waals surface area contributed by atoms with E-state index in [2.05, 4.69) is 0 Å². The molecule has 3 nitrogen and oxygen atoms in total. The summed E-state index contributed by atoms with van der Waals surface area (Å²) in [6.07, 6.45) is 0. The Morgan fingerprint density at radius 2 is 2.00 bits per heavy atom. The van der Waals surface area contributed by atoms with E-state index >= 15 is 0 Å². The van der Waals surface area contributed by atoms with Crippen LogP contribution >= 0.6 is 11.6 Å². The van der Waals surface area contributed by atoms with E-state index in [0.717, 1.165) is 0 Å². The number of carboxylic acids is 1. The summed E-state index contributed by atoms with van der Waals surface area (Å²) in [6, 6.07) is 10.6. The minimum atomic E-state index is -1.09. The second-order valence-corrected chi connectivity index (χ2v) is 4.74. The molecule has 0 bridgehead atoms. The molecule has 0 fully saturated rings. The fraction of sp³-hybridized carbons (Fsp3) is 0. The predicted octanol–water partition coefficient (Wildman–Crippen LogP) is 4.59. The third kappa shape index (κ3) is 2.14. The highest BCUT2D eigenvalue weighted by molar-refractivity contribution is 6.31. The van der Waals surface area contributed by atoms with Crippen molar-refractivity contribution in [1.82, 2.24) is 0 Å². The molecule has 0 atom stereocenters. The summed E-state index contributed by atoms with van der Waals surface area (Å²) in [5.74, 6) is -1.18. The molecule has 2 aromatic carbocycles. The fourth-order valence-electron chi connectivity index (χ4n) is 2.03. The van der Waals surface area contributed by atoms with Crippen LogP contribution in [0.2, 0.25) is 5.02 Å². The van der Waals surface area contributed by atoms with Crippen LogP contribution < -0.4 is 0 Å². The molecule has 1 aromatic heterocycles. The zero-order chi connectivity index (χ0) is 14.3. The third-order valence-corrected chi connectivity index (χ3v) is 3.14. The molecule has 20 heavy (non-hydrogen) atoms. The Balaban J connectivity index is 2.20. The molecular formula is C15H8ClFO3. The number of carbonyl (C=O) groups is 1. The van der Waals surface area contributed by atoms with E-state index in [1.807, 2.05) is 0 Å². The standard InChI is InChI=1S/C15H8ClFO3/c16-11-5-9(4-10(6-11)15(18)19)13-7-8-2-1-3-12(17)14(8)20-13/h1-7H,(H,18,19). The van der Waals surface area contributed by atoms with Crippen molar-refractivity contribution in [3.05, 3.63) is 58.9 Å². The number of halogens is 2. The van der Waals surface area contributed by atoms with Crippen LogP contribution in [0.25, 0.3) is 22.3 Å². The Kier molecular flexibility index (Phi) is 2.95. The number of hydrogen-bond donors (Lipinski definition) is 1. The van der Waals surface area contributed by atoms with Crippen molar-refractivity contribution in [2.75, 3.05) is 0 Å². The zero-order valence-corrected chi connectivity index (χ0v) is 10.8. The largest absolute Gasteiger partial charge is 0.478 e. The average Bonchev–Trinajstić information content (AvgIpc) is 2.83. The molecule has 1 N–H and O–H groups in total. The van der Waals surface area contributed by atoms with Crippen LogP contribution in [0.4, 0.5) is 4.39 Å². The van der Waals surface area contributed by atoms with Crippen LogP contribution in [0, 0.1) is 5.82 Å². The lowest BCUT2D eigenvalue weighted by Crippen LogP contribution is -1.96. The van der Waals surface area contributed by atoms with Gasteiger partial charge in [0.15, 0.2) is 11.4 Å². The molecule has 0 unspecified atom stereocenters. The molecule has 0 aliphatic heterocycles. The second-order valence-electron chi connectivity index (χ2n) is 4.30. The molecule has 3 aromatic rings. The van der Waals surface area contributed by atoms with Gasteiger partial charge < -0.3 is 9.52 Å². The second kappa shape index (κ2) is 4.65. The topological polar surface area (TPSA) is 50.4 Å². The van der Waals surface area contributed by atoms with Crippen LogP contribution in [0.1, 0.15) is 10.4 Å². The lowest BCUT2D eigenvalue weighted by atomic mass is 10.1. The highest BCUT2D eigenvalue weighted by Crippen LogP contribution is 2.31. The number of fused-ring (bicyclic) bond motifs is 1. The monoisotopic (exact) mass is 290 g/mol. The van der Waals surface area contributed by atoms with E-state index in [-0.39, 0.29) is 16.2 Å². The number of rotatable bonds is 2. The third-order valence-electron chi connectivity index (χ3n) is 2.93. The molecule has 0 spiro atoms. The van der Waals surface area contributed by atoms with Crippen LogP contribution in [-0.2, 0) is 0 Å². The van der Waals surface area contributed by atoms with Gasteiger partial charge in [-0.15, -0.1) is 0 Å². The Morgan fingerprint density at radius 1 is 1.20 bits per heavy atom. The predicted molar refractivity (Wildman–Crippen MR) is 73.6 cm³/mol. The van der Waals surface area contributed by atoms with Crippen LogP contribution in [-0.4, -0.2) is 11.1 Å². The van der Waals surface area contributed by atoms with E-state index in [4.69, 9.17) is 21.1 Å². The van der Waals surface area contributed by atoms with Crippen molar-refractivity contribution in [2.24, 2.45) is 0 Å². The highest BCUT2D eigenvalue weighted by Gasteiger charge is 2.13. The van der Waals surface area contributed by atoms with Crippen molar-refractivity contribution < 1.29 is 18.7 Å². The maximum absolute atomic E-state index is 13.6. The smallest absolute Gasteiger partial charge is 0.335 e. The Bertz CT molecular complexity index is 823. The molecule has 0 saturated heterocycles. The summed E-state index contributed by atoms with van der Waals surface area (Å²) < 4.78 is 19.0. The number of hydrogen-bond acceptors (Lipinski definition) is 2. The molecule has 100 valence electrons. The summed E-state index contributed by atoms with van der Waals surface area (Å²) in [5, 5.41) is 9.90. The minimum absolute atomic E-state index is 0.0495. The average molecular weight is 291 g/mol. The van der Waals surface area contributed by atoms with E-state index in [1.54, 1.807) is 24.3 Å². The van der Waals surface area contributed by atoms with Crippen molar-refractivity contribution in [1.29, 1.82) is 0 Å². The van der Waals surface area contributed by atoms with Crippen LogP contribution in [0.5, 0.6) is 0 Å². The molecule has 0 aliphatic rings. The first-order chi connectivity index (χ1) is 9.54. The Morgan fingerprint density at radius 3 is 2.70 bits per heavy atom. The molecule has 0 aliphatic carbocycles. The maximum atomic E-state index is 13.6. The summed E-state index contributed by atoms with van der Waals surface area (Å²) in [4.78, 5) is 11.0. The van der Waals surface area contributed by atoms with Crippen molar-refractivity contribution >= 4 is 28.5 Å². The van der Waals surface area contributed by atoms with Gasteiger partial charge in [0.25, 0.3) is 0 Å². The first-order valence-electron chi connectivity index (χ1n) is 5.77. The van der Waals surface area contributed by atoms with Gasteiger partial charge in [0.05, 0.1) is 5.56 Å². The Labute approximate surface area is 118 Å². The number of benzene rings is 2. The normalized spacial score (nSPS) is 10.9. The van der Waals surface area contributed by atoms with Crippen molar-refractivity contribution in [3.63, 3.8) is 0 Å². The molecule has 0 saturated carbocycles. The van der Waals surface area contributed by atoms with Gasteiger partial charge in [0, 0.05) is 16.0 Å². The van der Waals surface area contributed by atoms with E-state index in [1.165, 1.54) is 18.2 Å². The van der Waals surface area contributed by atoms with E-state index < -0.39 is 11.8 Å². The molecule has 0 amide bonds. The van der Waals surface area contributed by atoms with Gasteiger partial charge in [-0.3, -0.25) is 0 Å². The molecule has 5 heteroatoms. The first kappa shape index (κ1) is 12.7. The SMILES string of the molecule is O=C(O)c1cc(Cl)cc(-c2cc3cccc(F)c3o2)c1. The zero-order valence-electron chi connectivity index (χ0n) is 10.1. The lowest BCUT2D eigenvalue weighted by molar-refractivity contribution is 0.0697. The maximum Gasteiger partial charge on any atom is 0.335 e. The number of furan rings is 1. The number of carboxylic acid groups (broad SMARTS) is 1. The quantitative estimate of drug-likeness (QED) is 0.751. The van der Waals surface area contributed by atoms with Crippen molar-refractivity contribution in [2.45, 2.75) is 0 Å². The van der Waals surface area contributed by atoms with Crippen molar-refractivity contribution in [3.8, 4) is 11.3 Å². The number of para-hydroxylation sites is 1. The molecule has 0 radical (unpaired) electrons. The number of aromatic carboxylic acids is 1. The molecule has 1 heterocycles. The van der Waals surface area contributed by atoms with Gasteiger partial charge in [0.2, 0.25) is 0 Å². The van der Waals surface area contributed by atoms with Gasteiger partial charge in [-0.25, -0.2) is 9.18 Å². The lowest BCUT2D eigenvalue weighted by Gasteiger charge is -2.01. The first-order valence-corrected chi connectivity index (χ1v) is 6.15. The summed E-state index contributed by atoms with van der Waals surface area (Å²) >= 11 is 5.89. The van der Waals surface area contributed by atoms with Gasteiger partial charge in [0.1, 0.15) is 5.76 Å². The van der Waals surface area contributed by atoms with Crippen LogP contribution in [0.15, 0.2) is 46.9 Å². The van der Waals surface area contributed by atoms with Crippen LogP contribution in [0.3, 0.4) is 0 Å².